The first-order valence-electron chi connectivity index (χ1n) is 5.50. The molecule has 2 unspecified atom stereocenters. The van der Waals surface area contributed by atoms with Crippen LogP contribution in [-0.4, -0.2) is 23.5 Å². The molecule has 16 heavy (non-hydrogen) atoms. The molecule has 0 amide bonds. The van der Waals surface area contributed by atoms with Gasteiger partial charge in [-0.05, 0) is 30.7 Å². The maximum atomic E-state index is 13.6. The minimum Gasteiger partial charge on any atom is -0.395 e. The summed E-state index contributed by atoms with van der Waals surface area (Å²) in [4.78, 5) is 0.761. The van der Waals surface area contributed by atoms with Crippen LogP contribution in [0.15, 0.2) is 23.1 Å². The van der Waals surface area contributed by atoms with Crippen molar-refractivity contribution in [2.24, 2.45) is 0 Å². The standard InChI is InChI=1S/C12H16FNOS/c1-8(7-15)14-11-5-6-16-12-9(11)3-2-4-10(12)13/h2-4,8,11,14-15H,5-7H2,1H3. The van der Waals surface area contributed by atoms with E-state index in [9.17, 15) is 4.39 Å². The Morgan fingerprint density at radius 3 is 3.19 bits per heavy atom. The van der Waals surface area contributed by atoms with Gasteiger partial charge in [-0.2, -0.15) is 0 Å². The van der Waals surface area contributed by atoms with Gasteiger partial charge in [-0.1, -0.05) is 12.1 Å². The number of hydrogen-bond acceptors (Lipinski definition) is 3. The summed E-state index contributed by atoms with van der Waals surface area (Å²) in [6, 6.07) is 5.42. The average molecular weight is 241 g/mol. The molecular weight excluding hydrogens is 225 g/mol. The van der Waals surface area contributed by atoms with Crippen LogP contribution in [0.3, 0.4) is 0 Å². The van der Waals surface area contributed by atoms with Crippen LogP contribution in [0.2, 0.25) is 0 Å². The molecule has 0 saturated carbocycles. The Morgan fingerprint density at radius 2 is 2.44 bits per heavy atom. The Morgan fingerprint density at radius 1 is 1.62 bits per heavy atom. The number of hydrogen-bond donors (Lipinski definition) is 2. The van der Waals surface area contributed by atoms with Crippen LogP contribution < -0.4 is 5.32 Å². The van der Waals surface area contributed by atoms with Gasteiger partial charge in [0.2, 0.25) is 0 Å². The summed E-state index contributed by atoms with van der Waals surface area (Å²) in [5.74, 6) is 0.787. The molecule has 0 bridgehead atoms. The highest BCUT2D eigenvalue weighted by molar-refractivity contribution is 7.99. The van der Waals surface area contributed by atoms with Gasteiger partial charge in [0.25, 0.3) is 0 Å². The smallest absolute Gasteiger partial charge is 0.137 e. The number of rotatable bonds is 3. The molecular formula is C12H16FNOS. The number of aliphatic hydroxyl groups excluding tert-OH is 1. The molecule has 0 spiro atoms. The van der Waals surface area contributed by atoms with Gasteiger partial charge in [-0.25, -0.2) is 4.39 Å². The zero-order valence-corrected chi connectivity index (χ0v) is 10.1. The lowest BCUT2D eigenvalue weighted by molar-refractivity contribution is 0.239. The number of fused-ring (bicyclic) bond motifs is 1. The van der Waals surface area contributed by atoms with Crippen molar-refractivity contribution < 1.29 is 9.50 Å². The Bertz CT molecular complexity index is 372. The molecule has 4 heteroatoms. The molecule has 0 radical (unpaired) electrons. The minimum absolute atomic E-state index is 0.0456. The molecule has 1 heterocycles. The highest BCUT2D eigenvalue weighted by atomic mass is 32.2. The fourth-order valence-electron chi connectivity index (χ4n) is 1.96. The fourth-order valence-corrected chi connectivity index (χ4v) is 3.10. The van der Waals surface area contributed by atoms with Crippen molar-refractivity contribution in [1.29, 1.82) is 0 Å². The lowest BCUT2D eigenvalue weighted by atomic mass is 10.0. The van der Waals surface area contributed by atoms with E-state index in [1.165, 1.54) is 6.07 Å². The van der Waals surface area contributed by atoms with E-state index in [-0.39, 0.29) is 24.5 Å². The second-order valence-corrected chi connectivity index (χ2v) is 5.20. The number of aliphatic hydroxyl groups is 1. The van der Waals surface area contributed by atoms with E-state index in [0.717, 1.165) is 22.6 Å². The molecule has 88 valence electrons. The van der Waals surface area contributed by atoms with Gasteiger partial charge < -0.3 is 10.4 Å². The van der Waals surface area contributed by atoms with E-state index in [2.05, 4.69) is 5.32 Å². The summed E-state index contributed by atoms with van der Waals surface area (Å²) >= 11 is 1.58. The molecule has 1 aliphatic rings. The molecule has 2 rings (SSSR count). The third-order valence-electron chi connectivity index (χ3n) is 2.79. The number of halogens is 1. The van der Waals surface area contributed by atoms with Crippen molar-refractivity contribution in [3.63, 3.8) is 0 Å². The molecule has 0 saturated heterocycles. The maximum absolute atomic E-state index is 13.6. The van der Waals surface area contributed by atoms with E-state index in [0.29, 0.717) is 0 Å². The molecule has 1 aromatic carbocycles. The predicted molar refractivity (Wildman–Crippen MR) is 64.2 cm³/mol. The van der Waals surface area contributed by atoms with Crippen molar-refractivity contribution >= 4 is 11.8 Å². The molecule has 0 fully saturated rings. The second-order valence-electron chi connectivity index (χ2n) is 4.10. The van der Waals surface area contributed by atoms with Crippen molar-refractivity contribution in [2.45, 2.75) is 30.3 Å². The quantitative estimate of drug-likeness (QED) is 0.852. The number of benzene rings is 1. The average Bonchev–Trinajstić information content (AvgIpc) is 2.30. The Hall–Kier alpha value is -0.580. The van der Waals surface area contributed by atoms with Crippen LogP contribution in [-0.2, 0) is 0 Å². The van der Waals surface area contributed by atoms with Gasteiger partial charge in [0.1, 0.15) is 5.82 Å². The second kappa shape index (κ2) is 5.17. The Labute approximate surface area is 99.2 Å². The lowest BCUT2D eigenvalue weighted by Gasteiger charge is -2.28. The molecule has 0 aromatic heterocycles. The zero-order valence-electron chi connectivity index (χ0n) is 9.24. The monoisotopic (exact) mass is 241 g/mol. The van der Waals surface area contributed by atoms with Gasteiger partial charge in [0, 0.05) is 17.0 Å². The van der Waals surface area contributed by atoms with E-state index < -0.39 is 0 Å². The minimum atomic E-state index is -0.134. The van der Waals surface area contributed by atoms with E-state index in [1.54, 1.807) is 17.8 Å². The topological polar surface area (TPSA) is 32.3 Å². The summed E-state index contributed by atoms with van der Waals surface area (Å²) in [6.07, 6.45) is 0.978. The van der Waals surface area contributed by atoms with Crippen molar-refractivity contribution in [1.82, 2.24) is 5.32 Å². The van der Waals surface area contributed by atoms with Gasteiger partial charge in [-0.15, -0.1) is 11.8 Å². The van der Waals surface area contributed by atoms with Crippen LogP contribution in [0.25, 0.3) is 0 Å². The SMILES string of the molecule is CC(CO)NC1CCSc2c(F)cccc21. The third-order valence-corrected chi connectivity index (χ3v) is 3.94. The van der Waals surface area contributed by atoms with E-state index >= 15 is 0 Å². The van der Waals surface area contributed by atoms with Crippen LogP contribution >= 0.6 is 11.8 Å². The molecule has 1 aliphatic heterocycles. The first-order valence-corrected chi connectivity index (χ1v) is 6.49. The van der Waals surface area contributed by atoms with Crippen LogP contribution in [0.4, 0.5) is 4.39 Å². The van der Waals surface area contributed by atoms with Gasteiger partial charge in [0.15, 0.2) is 0 Å². The molecule has 2 atom stereocenters. The lowest BCUT2D eigenvalue weighted by Crippen LogP contribution is -2.34. The van der Waals surface area contributed by atoms with Gasteiger partial charge in [0.05, 0.1) is 6.61 Å². The normalized spacial score (nSPS) is 21.6. The predicted octanol–water partition coefficient (Wildman–Crippen LogP) is 2.33. The summed E-state index contributed by atoms with van der Waals surface area (Å²) < 4.78 is 13.6. The van der Waals surface area contributed by atoms with Gasteiger partial charge in [-0.3, -0.25) is 0 Å². The van der Waals surface area contributed by atoms with Crippen LogP contribution in [0.5, 0.6) is 0 Å². The molecule has 2 nitrogen and oxygen atoms in total. The van der Waals surface area contributed by atoms with Crippen molar-refractivity contribution in [3.05, 3.63) is 29.6 Å². The summed E-state index contributed by atoms with van der Waals surface area (Å²) in [5.41, 5.74) is 1.02. The first-order chi connectivity index (χ1) is 7.72. The summed E-state index contributed by atoms with van der Waals surface area (Å²) in [5, 5.41) is 12.3. The van der Waals surface area contributed by atoms with E-state index in [1.807, 2.05) is 13.0 Å². The highest BCUT2D eigenvalue weighted by Crippen LogP contribution is 2.37. The van der Waals surface area contributed by atoms with E-state index in [4.69, 9.17) is 5.11 Å². The van der Waals surface area contributed by atoms with Crippen molar-refractivity contribution in [2.75, 3.05) is 12.4 Å². The summed E-state index contributed by atoms with van der Waals surface area (Å²) in [6.45, 7) is 2.04. The Balaban J connectivity index is 2.23. The molecule has 1 aromatic rings. The number of nitrogens with one attached hydrogen (secondary N) is 1. The first kappa shape index (κ1) is 11.9. The zero-order chi connectivity index (χ0) is 11.5. The Kier molecular flexibility index (Phi) is 3.84. The van der Waals surface area contributed by atoms with Crippen LogP contribution in [0, 0.1) is 5.82 Å². The summed E-state index contributed by atoms with van der Waals surface area (Å²) in [7, 11) is 0. The molecule has 2 N–H and O–H groups in total. The third kappa shape index (κ3) is 2.39. The largest absolute Gasteiger partial charge is 0.395 e. The van der Waals surface area contributed by atoms with Gasteiger partial charge >= 0.3 is 0 Å². The number of thioether (sulfide) groups is 1. The fraction of sp³-hybridized carbons (Fsp3) is 0.500. The maximum Gasteiger partial charge on any atom is 0.137 e. The van der Waals surface area contributed by atoms with Crippen LogP contribution in [0.1, 0.15) is 24.9 Å². The van der Waals surface area contributed by atoms with Crippen molar-refractivity contribution in [3.8, 4) is 0 Å². The highest BCUT2D eigenvalue weighted by Gasteiger charge is 2.23. The molecule has 0 aliphatic carbocycles.